The Kier molecular flexibility index (Phi) is 5.72. The van der Waals surface area contributed by atoms with E-state index in [1.54, 1.807) is 0 Å². The minimum Gasteiger partial charge on any atom is -0.495 e. The molecule has 6 nitrogen and oxygen atoms in total. The van der Waals surface area contributed by atoms with E-state index in [-0.39, 0.29) is 35.9 Å². The zero-order valence-corrected chi connectivity index (χ0v) is 11.4. The van der Waals surface area contributed by atoms with Crippen molar-refractivity contribution in [2.45, 2.75) is 25.6 Å². The summed E-state index contributed by atoms with van der Waals surface area (Å²) in [5.74, 6) is -0.754. The third-order valence-corrected chi connectivity index (χ3v) is 2.85. The van der Waals surface area contributed by atoms with Crippen molar-refractivity contribution in [3.05, 3.63) is 23.5 Å². The van der Waals surface area contributed by atoms with Crippen LogP contribution in [0.1, 0.15) is 25.0 Å². The summed E-state index contributed by atoms with van der Waals surface area (Å²) in [5.41, 5.74) is 5.53. The van der Waals surface area contributed by atoms with Gasteiger partial charge in [0.05, 0.1) is 18.9 Å². The molecule has 0 aliphatic rings. The summed E-state index contributed by atoms with van der Waals surface area (Å²) in [5, 5.41) is 22.2. The molecular formula is C13H19FN2O4. The standard InChI is InChI=1S/C13H19FN2O4/c1-7(17)16-4-3-11(18)13(19)8-5-12(20-2)10(15)6-9(8)14/h5-6,11,13,18-19H,3-4,15H2,1-2H3,(H,16,17). The maximum Gasteiger partial charge on any atom is 0.216 e. The highest BCUT2D eigenvalue weighted by Crippen LogP contribution is 2.30. The normalized spacial score (nSPS) is 13.7. The fourth-order valence-corrected chi connectivity index (χ4v) is 1.75. The maximum absolute atomic E-state index is 13.8. The van der Waals surface area contributed by atoms with Crippen molar-refractivity contribution < 1.29 is 24.1 Å². The first-order chi connectivity index (χ1) is 9.36. The lowest BCUT2D eigenvalue weighted by Gasteiger charge is -2.20. The molecule has 7 heteroatoms. The minimum absolute atomic E-state index is 0.0902. The molecule has 112 valence electrons. The molecule has 2 atom stereocenters. The Hall–Kier alpha value is -1.86. The van der Waals surface area contributed by atoms with Crippen molar-refractivity contribution in [2.24, 2.45) is 0 Å². The second-order valence-corrected chi connectivity index (χ2v) is 4.40. The number of rotatable bonds is 6. The van der Waals surface area contributed by atoms with Crippen LogP contribution in [0.3, 0.4) is 0 Å². The van der Waals surface area contributed by atoms with Crippen LogP contribution in [0.25, 0.3) is 0 Å². The van der Waals surface area contributed by atoms with E-state index in [0.29, 0.717) is 0 Å². The van der Waals surface area contributed by atoms with E-state index >= 15 is 0 Å². The molecule has 1 rings (SSSR count). The van der Waals surface area contributed by atoms with Crippen LogP contribution in [0.15, 0.2) is 12.1 Å². The van der Waals surface area contributed by atoms with Crippen LogP contribution in [0.2, 0.25) is 0 Å². The van der Waals surface area contributed by atoms with E-state index < -0.39 is 18.0 Å². The smallest absolute Gasteiger partial charge is 0.216 e. The zero-order chi connectivity index (χ0) is 15.3. The Morgan fingerprint density at radius 3 is 2.70 bits per heavy atom. The summed E-state index contributed by atoms with van der Waals surface area (Å²) in [6, 6.07) is 2.27. The first kappa shape index (κ1) is 16.2. The number of nitrogens with two attached hydrogens (primary N) is 1. The molecule has 0 heterocycles. The third-order valence-electron chi connectivity index (χ3n) is 2.85. The number of hydrogen-bond acceptors (Lipinski definition) is 5. The summed E-state index contributed by atoms with van der Waals surface area (Å²) in [6.45, 7) is 1.52. The lowest BCUT2D eigenvalue weighted by molar-refractivity contribution is -0.119. The summed E-state index contributed by atoms with van der Waals surface area (Å²) in [6.07, 6.45) is -2.56. The lowest BCUT2D eigenvalue weighted by atomic mass is 10.0. The molecule has 0 fully saturated rings. The van der Waals surface area contributed by atoms with E-state index in [2.05, 4.69) is 5.32 Å². The van der Waals surface area contributed by atoms with Crippen molar-refractivity contribution in [2.75, 3.05) is 19.4 Å². The van der Waals surface area contributed by atoms with Gasteiger partial charge in [0.1, 0.15) is 17.7 Å². The first-order valence-corrected chi connectivity index (χ1v) is 6.10. The number of ether oxygens (including phenoxy) is 1. The molecule has 0 spiro atoms. The van der Waals surface area contributed by atoms with Crippen molar-refractivity contribution in [1.29, 1.82) is 0 Å². The molecule has 0 aromatic heterocycles. The Morgan fingerprint density at radius 1 is 1.50 bits per heavy atom. The Morgan fingerprint density at radius 2 is 2.15 bits per heavy atom. The number of carbonyl (C=O) groups is 1. The molecule has 20 heavy (non-hydrogen) atoms. The Bertz CT molecular complexity index is 482. The SMILES string of the molecule is COc1cc(C(O)C(O)CCNC(C)=O)c(F)cc1N. The molecule has 1 aromatic carbocycles. The molecule has 0 saturated carbocycles. The highest BCUT2D eigenvalue weighted by molar-refractivity contribution is 5.72. The molecule has 0 radical (unpaired) electrons. The summed E-state index contributed by atoms with van der Waals surface area (Å²) < 4.78 is 18.7. The zero-order valence-electron chi connectivity index (χ0n) is 11.4. The Balaban J connectivity index is 2.80. The van der Waals surface area contributed by atoms with Gasteiger partial charge in [-0.2, -0.15) is 0 Å². The minimum atomic E-state index is -1.43. The predicted octanol–water partition coefficient (Wildman–Crippen LogP) is 0.337. The van der Waals surface area contributed by atoms with Gasteiger partial charge in [-0.05, 0) is 12.5 Å². The number of methoxy groups -OCH3 is 1. The topological polar surface area (TPSA) is 105 Å². The largest absolute Gasteiger partial charge is 0.495 e. The second-order valence-electron chi connectivity index (χ2n) is 4.40. The average Bonchev–Trinajstić information content (AvgIpc) is 2.37. The van der Waals surface area contributed by atoms with E-state index in [9.17, 15) is 19.4 Å². The average molecular weight is 286 g/mol. The number of nitrogens with one attached hydrogen (secondary N) is 1. The number of aliphatic hydroxyl groups is 2. The molecular weight excluding hydrogens is 267 g/mol. The molecule has 5 N–H and O–H groups in total. The van der Waals surface area contributed by atoms with Crippen LogP contribution in [0.5, 0.6) is 5.75 Å². The van der Waals surface area contributed by atoms with Gasteiger partial charge in [0.25, 0.3) is 0 Å². The summed E-state index contributed by atoms with van der Waals surface area (Å²) >= 11 is 0. The highest BCUT2D eigenvalue weighted by Gasteiger charge is 2.23. The fraction of sp³-hybridized carbons (Fsp3) is 0.462. The van der Waals surface area contributed by atoms with Gasteiger partial charge < -0.3 is 26.0 Å². The first-order valence-electron chi connectivity index (χ1n) is 6.10. The van der Waals surface area contributed by atoms with Crippen molar-refractivity contribution in [3.8, 4) is 5.75 Å². The predicted molar refractivity (Wildman–Crippen MR) is 71.6 cm³/mol. The number of halogens is 1. The lowest BCUT2D eigenvalue weighted by Crippen LogP contribution is -2.28. The molecule has 1 amide bonds. The highest BCUT2D eigenvalue weighted by atomic mass is 19.1. The van der Waals surface area contributed by atoms with E-state index in [4.69, 9.17) is 10.5 Å². The summed E-state index contributed by atoms with van der Waals surface area (Å²) in [4.78, 5) is 10.7. The van der Waals surface area contributed by atoms with Crippen molar-refractivity contribution in [3.63, 3.8) is 0 Å². The van der Waals surface area contributed by atoms with Gasteiger partial charge in [-0.15, -0.1) is 0 Å². The van der Waals surface area contributed by atoms with Crippen molar-refractivity contribution in [1.82, 2.24) is 5.32 Å². The number of hydrogen-bond donors (Lipinski definition) is 4. The van der Waals surface area contributed by atoms with Crippen LogP contribution >= 0.6 is 0 Å². The van der Waals surface area contributed by atoms with Crippen LogP contribution in [0, 0.1) is 5.82 Å². The van der Waals surface area contributed by atoms with E-state index in [0.717, 1.165) is 6.07 Å². The number of carbonyl (C=O) groups excluding carboxylic acids is 1. The number of nitrogen functional groups attached to an aromatic ring is 1. The van der Waals surface area contributed by atoms with Gasteiger partial charge >= 0.3 is 0 Å². The molecule has 2 unspecified atom stereocenters. The van der Waals surface area contributed by atoms with Gasteiger partial charge in [-0.25, -0.2) is 4.39 Å². The number of benzene rings is 1. The molecule has 0 aliphatic carbocycles. The van der Waals surface area contributed by atoms with Crippen LogP contribution in [-0.2, 0) is 4.79 Å². The molecule has 0 aliphatic heterocycles. The van der Waals surface area contributed by atoms with Gasteiger partial charge in [-0.1, -0.05) is 0 Å². The van der Waals surface area contributed by atoms with Crippen molar-refractivity contribution >= 4 is 11.6 Å². The van der Waals surface area contributed by atoms with Gasteiger partial charge in [0, 0.05) is 25.1 Å². The number of amides is 1. The second kappa shape index (κ2) is 7.06. The summed E-state index contributed by atoms with van der Waals surface area (Å²) in [7, 11) is 1.37. The Labute approximate surface area is 116 Å². The van der Waals surface area contributed by atoms with Crippen LogP contribution in [-0.4, -0.2) is 35.9 Å². The maximum atomic E-state index is 13.8. The number of anilines is 1. The molecule has 1 aromatic rings. The number of aliphatic hydroxyl groups excluding tert-OH is 2. The monoisotopic (exact) mass is 286 g/mol. The van der Waals surface area contributed by atoms with E-state index in [1.807, 2.05) is 0 Å². The van der Waals surface area contributed by atoms with Crippen LogP contribution < -0.4 is 15.8 Å². The molecule has 0 bridgehead atoms. The fourth-order valence-electron chi connectivity index (χ4n) is 1.75. The molecule has 0 saturated heterocycles. The van der Waals surface area contributed by atoms with Crippen LogP contribution in [0.4, 0.5) is 10.1 Å². The van der Waals surface area contributed by atoms with Gasteiger partial charge in [0.15, 0.2) is 0 Å². The van der Waals surface area contributed by atoms with Gasteiger partial charge in [-0.3, -0.25) is 4.79 Å². The van der Waals surface area contributed by atoms with E-state index in [1.165, 1.54) is 20.1 Å². The quantitative estimate of drug-likeness (QED) is 0.564. The van der Waals surface area contributed by atoms with Gasteiger partial charge in [0.2, 0.25) is 5.91 Å². The third kappa shape index (κ3) is 4.07.